The van der Waals surface area contributed by atoms with E-state index >= 15 is 0 Å². The Morgan fingerprint density at radius 1 is 1.21 bits per heavy atom. The molecule has 0 saturated heterocycles. The van der Waals surface area contributed by atoms with Gasteiger partial charge in [-0.25, -0.2) is 0 Å². The second kappa shape index (κ2) is 4.42. The van der Waals surface area contributed by atoms with Gasteiger partial charge in [0, 0.05) is 10.4 Å². The Bertz CT molecular complexity index is 713. The molecule has 0 spiro atoms. The van der Waals surface area contributed by atoms with Crippen LogP contribution in [0.5, 0.6) is 0 Å². The highest BCUT2D eigenvalue weighted by Crippen LogP contribution is 2.46. The standard InChI is InChI=1S/C15H11N3S/c16-7-12-10(9-3-4-9)6-11(13(8-17)15(12)18)14-2-1-5-19-14/h1-2,5-6,9H,3-4,18H2. The van der Waals surface area contributed by atoms with Gasteiger partial charge in [-0.3, -0.25) is 0 Å². The normalized spacial score (nSPS) is 13.8. The number of rotatable bonds is 2. The van der Waals surface area contributed by atoms with Gasteiger partial charge in [0.15, 0.2) is 0 Å². The quantitative estimate of drug-likeness (QED) is 0.843. The Balaban J connectivity index is 2.31. The molecule has 1 aromatic heterocycles. The molecular weight excluding hydrogens is 254 g/mol. The Hall–Kier alpha value is -2.30. The van der Waals surface area contributed by atoms with Crippen molar-refractivity contribution in [3.05, 3.63) is 40.3 Å². The van der Waals surface area contributed by atoms with E-state index in [1.54, 1.807) is 11.3 Å². The number of anilines is 1. The van der Waals surface area contributed by atoms with E-state index < -0.39 is 0 Å². The van der Waals surface area contributed by atoms with Gasteiger partial charge in [0.1, 0.15) is 12.1 Å². The smallest absolute Gasteiger partial charge is 0.102 e. The molecule has 1 aromatic carbocycles. The molecule has 2 aromatic rings. The molecule has 4 heteroatoms. The molecule has 1 saturated carbocycles. The number of thiophene rings is 1. The van der Waals surface area contributed by atoms with Gasteiger partial charge < -0.3 is 5.73 Å². The van der Waals surface area contributed by atoms with Crippen molar-refractivity contribution in [2.75, 3.05) is 5.73 Å². The van der Waals surface area contributed by atoms with Crippen molar-refractivity contribution >= 4 is 17.0 Å². The lowest BCUT2D eigenvalue weighted by molar-refractivity contribution is 1.12. The minimum Gasteiger partial charge on any atom is -0.397 e. The highest BCUT2D eigenvalue weighted by Gasteiger charge is 2.29. The van der Waals surface area contributed by atoms with Crippen LogP contribution in [0.4, 0.5) is 5.69 Å². The molecule has 0 atom stereocenters. The first-order valence-corrected chi connectivity index (χ1v) is 6.94. The van der Waals surface area contributed by atoms with Gasteiger partial charge >= 0.3 is 0 Å². The van der Waals surface area contributed by atoms with Crippen LogP contribution < -0.4 is 5.73 Å². The van der Waals surface area contributed by atoms with Crippen molar-refractivity contribution in [3.63, 3.8) is 0 Å². The predicted octanol–water partition coefficient (Wildman–Crippen LogP) is 3.62. The Kier molecular flexibility index (Phi) is 2.74. The summed E-state index contributed by atoms with van der Waals surface area (Å²) in [5, 5.41) is 20.6. The molecule has 19 heavy (non-hydrogen) atoms. The largest absolute Gasteiger partial charge is 0.397 e. The number of hydrogen-bond acceptors (Lipinski definition) is 4. The zero-order chi connectivity index (χ0) is 13.4. The Labute approximate surface area is 115 Å². The van der Waals surface area contributed by atoms with Crippen LogP contribution in [0.15, 0.2) is 23.6 Å². The maximum absolute atomic E-state index is 9.33. The summed E-state index contributed by atoms with van der Waals surface area (Å²) in [4.78, 5) is 1.02. The summed E-state index contributed by atoms with van der Waals surface area (Å²) in [5.74, 6) is 0.434. The third-order valence-corrected chi connectivity index (χ3v) is 4.33. The first kappa shape index (κ1) is 11.8. The minimum absolute atomic E-state index is 0.331. The lowest BCUT2D eigenvalue weighted by atomic mass is 9.93. The molecule has 0 bridgehead atoms. The molecule has 0 unspecified atom stereocenters. The highest BCUT2D eigenvalue weighted by atomic mass is 32.1. The highest BCUT2D eigenvalue weighted by molar-refractivity contribution is 7.13. The van der Waals surface area contributed by atoms with E-state index in [0.717, 1.165) is 28.8 Å². The number of nitrogens with two attached hydrogens (primary N) is 1. The van der Waals surface area contributed by atoms with E-state index in [2.05, 4.69) is 12.1 Å². The van der Waals surface area contributed by atoms with Crippen molar-refractivity contribution in [1.29, 1.82) is 10.5 Å². The lowest BCUT2D eigenvalue weighted by Gasteiger charge is -2.11. The van der Waals surface area contributed by atoms with Gasteiger partial charge in [-0.1, -0.05) is 6.07 Å². The number of benzene rings is 1. The molecular formula is C15H11N3S. The molecule has 2 N–H and O–H groups in total. The van der Waals surface area contributed by atoms with Crippen LogP contribution in [-0.2, 0) is 0 Å². The van der Waals surface area contributed by atoms with Gasteiger partial charge in [-0.05, 0) is 41.8 Å². The van der Waals surface area contributed by atoms with Crippen LogP contribution in [0, 0.1) is 22.7 Å². The summed E-state index contributed by atoms with van der Waals surface area (Å²) >= 11 is 1.58. The second-order valence-electron chi connectivity index (χ2n) is 4.65. The molecule has 3 rings (SSSR count). The number of nitrogens with zero attached hydrogens (tertiary/aromatic N) is 2. The van der Waals surface area contributed by atoms with Gasteiger partial charge in [0.2, 0.25) is 0 Å². The predicted molar refractivity (Wildman–Crippen MR) is 75.6 cm³/mol. The Morgan fingerprint density at radius 2 is 1.95 bits per heavy atom. The summed E-state index contributed by atoms with van der Waals surface area (Å²) in [7, 11) is 0. The topological polar surface area (TPSA) is 73.6 Å². The molecule has 1 heterocycles. The average molecular weight is 265 g/mol. The van der Waals surface area contributed by atoms with E-state index in [1.807, 2.05) is 23.6 Å². The van der Waals surface area contributed by atoms with E-state index in [0.29, 0.717) is 22.7 Å². The van der Waals surface area contributed by atoms with Crippen molar-refractivity contribution < 1.29 is 0 Å². The van der Waals surface area contributed by atoms with E-state index in [4.69, 9.17) is 5.73 Å². The fourth-order valence-electron chi connectivity index (χ4n) is 2.31. The molecule has 92 valence electrons. The fraction of sp³-hybridized carbons (Fsp3) is 0.200. The second-order valence-corrected chi connectivity index (χ2v) is 5.60. The van der Waals surface area contributed by atoms with Crippen LogP contribution in [0.3, 0.4) is 0 Å². The minimum atomic E-state index is 0.331. The van der Waals surface area contributed by atoms with Crippen molar-refractivity contribution in [1.82, 2.24) is 0 Å². The maximum Gasteiger partial charge on any atom is 0.102 e. The third kappa shape index (κ3) is 1.87. The SMILES string of the molecule is N#Cc1c(-c2cccs2)cc(C2CC2)c(C#N)c1N. The van der Waals surface area contributed by atoms with Gasteiger partial charge in [-0.2, -0.15) is 10.5 Å². The molecule has 0 radical (unpaired) electrons. The maximum atomic E-state index is 9.33. The van der Waals surface area contributed by atoms with Crippen LogP contribution >= 0.6 is 11.3 Å². The number of nitrogen functional groups attached to an aromatic ring is 1. The van der Waals surface area contributed by atoms with Crippen molar-refractivity contribution in [3.8, 4) is 22.6 Å². The van der Waals surface area contributed by atoms with Crippen LogP contribution in [0.1, 0.15) is 35.4 Å². The number of hydrogen-bond donors (Lipinski definition) is 1. The molecule has 0 aliphatic heterocycles. The summed E-state index contributed by atoms with van der Waals surface area (Å²) in [5.41, 5.74) is 9.13. The first-order chi connectivity index (χ1) is 9.26. The summed E-state index contributed by atoms with van der Waals surface area (Å²) in [6.07, 6.45) is 2.20. The van der Waals surface area contributed by atoms with Gasteiger partial charge in [0.05, 0.1) is 16.8 Å². The van der Waals surface area contributed by atoms with Crippen LogP contribution in [0.25, 0.3) is 10.4 Å². The summed E-state index contributed by atoms with van der Waals surface area (Å²) in [6.45, 7) is 0. The molecule has 1 fully saturated rings. The van der Waals surface area contributed by atoms with E-state index in [9.17, 15) is 10.5 Å². The molecule has 1 aliphatic rings. The zero-order valence-corrected chi connectivity index (χ0v) is 11.0. The zero-order valence-electron chi connectivity index (χ0n) is 10.2. The molecule has 0 amide bonds. The van der Waals surface area contributed by atoms with Crippen LogP contribution in [-0.4, -0.2) is 0 Å². The summed E-state index contributed by atoms with van der Waals surface area (Å²) < 4.78 is 0. The monoisotopic (exact) mass is 265 g/mol. The average Bonchev–Trinajstić information content (AvgIpc) is 3.12. The van der Waals surface area contributed by atoms with E-state index in [-0.39, 0.29) is 0 Å². The van der Waals surface area contributed by atoms with Gasteiger partial charge in [-0.15, -0.1) is 11.3 Å². The van der Waals surface area contributed by atoms with Crippen molar-refractivity contribution in [2.45, 2.75) is 18.8 Å². The molecule has 1 aliphatic carbocycles. The lowest BCUT2D eigenvalue weighted by Crippen LogP contribution is -2.01. The van der Waals surface area contributed by atoms with Crippen molar-refractivity contribution in [2.24, 2.45) is 0 Å². The number of nitriles is 2. The van der Waals surface area contributed by atoms with Crippen LogP contribution in [0.2, 0.25) is 0 Å². The Morgan fingerprint density at radius 3 is 2.47 bits per heavy atom. The third-order valence-electron chi connectivity index (χ3n) is 3.42. The summed E-state index contributed by atoms with van der Waals surface area (Å²) in [6, 6.07) is 10.2. The molecule has 3 nitrogen and oxygen atoms in total. The van der Waals surface area contributed by atoms with E-state index in [1.165, 1.54) is 0 Å². The van der Waals surface area contributed by atoms with Gasteiger partial charge in [0.25, 0.3) is 0 Å². The fourth-order valence-corrected chi connectivity index (χ4v) is 3.06. The first-order valence-electron chi connectivity index (χ1n) is 6.06.